The molecule has 23 heavy (non-hydrogen) atoms. The molecule has 1 aromatic rings. The highest BCUT2D eigenvalue weighted by Gasteiger charge is 2.23. The van der Waals surface area contributed by atoms with Crippen molar-refractivity contribution in [1.29, 1.82) is 0 Å². The minimum atomic E-state index is -1.05. The van der Waals surface area contributed by atoms with E-state index in [2.05, 4.69) is 5.32 Å². The van der Waals surface area contributed by atoms with Crippen molar-refractivity contribution >= 4 is 11.7 Å². The highest BCUT2D eigenvalue weighted by Crippen LogP contribution is 2.18. The number of nitrogens with one attached hydrogen (secondary N) is 1. The lowest BCUT2D eigenvalue weighted by molar-refractivity contribution is -0.132. The van der Waals surface area contributed by atoms with Gasteiger partial charge in [-0.3, -0.25) is 9.59 Å². The van der Waals surface area contributed by atoms with Gasteiger partial charge in [-0.1, -0.05) is 0 Å². The zero-order chi connectivity index (χ0) is 16.8. The molecule has 0 aliphatic carbocycles. The van der Waals surface area contributed by atoms with Crippen molar-refractivity contribution in [3.05, 3.63) is 35.4 Å². The fourth-order valence-electron chi connectivity index (χ4n) is 2.94. The highest BCUT2D eigenvalue weighted by molar-refractivity contribution is 5.97. The average Bonchev–Trinajstić information content (AvgIpc) is 2.55. The summed E-state index contributed by atoms with van der Waals surface area (Å²) in [5.41, 5.74) is 0.100. The molecule has 1 aliphatic rings. The Kier molecular flexibility index (Phi) is 6.21. The van der Waals surface area contributed by atoms with Crippen LogP contribution in [0.3, 0.4) is 0 Å². The number of halogens is 2. The summed E-state index contributed by atoms with van der Waals surface area (Å²) in [6, 6.07) is 3.05. The maximum absolute atomic E-state index is 13.1. The van der Waals surface area contributed by atoms with E-state index in [1.807, 2.05) is 7.05 Å². The topological polar surface area (TPSA) is 49.4 Å². The van der Waals surface area contributed by atoms with Crippen LogP contribution in [0.2, 0.25) is 0 Å². The van der Waals surface area contributed by atoms with Gasteiger partial charge in [0.1, 0.15) is 0 Å². The van der Waals surface area contributed by atoms with Crippen LogP contribution >= 0.6 is 0 Å². The van der Waals surface area contributed by atoms with E-state index in [1.54, 1.807) is 4.90 Å². The van der Waals surface area contributed by atoms with Crippen LogP contribution in [0.4, 0.5) is 8.78 Å². The van der Waals surface area contributed by atoms with Gasteiger partial charge in [-0.25, -0.2) is 8.78 Å². The molecule has 1 unspecified atom stereocenters. The molecule has 0 radical (unpaired) electrons. The summed E-state index contributed by atoms with van der Waals surface area (Å²) in [7, 11) is 1.89. The van der Waals surface area contributed by atoms with Crippen molar-refractivity contribution in [1.82, 2.24) is 10.2 Å². The number of Topliss-reactive ketones (excluding diaryl/α,β-unsaturated/α-hetero) is 1. The first-order chi connectivity index (χ1) is 11.0. The molecular weight excluding hydrogens is 302 g/mol. The van der Waals surface area contributed by atoms with Crippen LogP contribution in [0.1, 0.15) is 36.0 Å². The Labute approximate surface area is 134 Å². The fourth-order valence-corrected chi connectivity index (χ4v) is 2.94. The van der Waals surface area contributed by atoms with Gasteiger partial charge >= 0.3 is 0 Å². The van der Waals surface area contributed by atoms with Crippen molar-refractivity contribution < 1.29 is 18.4 Å². The first kappa shape index (κ1) is 17.5. The van der Waals surface area contributed by atoms with Crippen LogP contribution in [0.25, 0.3) is 0 Å². The largest absolute Gasteiger partial charge is 0.342 e. The summed E-state index contributed by atoms with van der Waals surface area (Å²) in [6.45, 7) is 2.30. The van der Waals surface area contributed by atoms with E-state index in [4.69, 9.17) is 0 Å². The van der Waals surface area contributed by atoms with Crippen molar-refractivity contribution in [2.45, 2.75) is 25.7 Å². The van der Waals surface area contributed by atoms with Gasteiger partial charge in [0.15, 0.2) is 17.4 Å². The van der Waals surface area contributed by atoms with Gasteiger partial charge < -0.3 is 10.2 Å². The monoisotopic (exact) mass is 324 g/mol. The Hall–Kier alpha value is -1.82. The molecule has 1 aromatic carbocycles. The van der Waals surface area contributed by atoms with E-state index < -0.39 is 11.6 Å². The lowest BCUT2D eigenvalue weighted by atomic mass is 9.97. The quantitative estimate of drug-likeness (QED) is 0.818. The minimum absolute atomic E-state index is 0.0110. The van der Waals surface area contributed by atoms with E-state index in [-0.39, 0.29) is 30.1 Å². The second-order valence-electron chi connectivity index (χ2n) is 5.96. The van der Waals surface area contributed by atoms with Crippen molar-refractivity contribution in [2.75, 3.05) is 26.7 Å². The Morgan fingerprint density at radius 1 is 1.26 bits per heavy atom. The van der Waals surface area contributed by atoms with Gasteiger partial charge in [0.25, 0.3) is 0 Å². The number of carbonyl (C=O) groups is 2. The number of ketones is 1. The number of hydrogen-bond acceptors (Lipinski definition) is 3. The van der Waals surface area contributed by atoms with Gasteiger partial charge in [0.2, 0.25) is 5.91 Å². The predicted molar refractivity (Wildman–Crippen MR) is 83.2 cm³/mol. The first-order valence-electron chi connectivity index (χ1n) is 7.92. The standard InChI is InChI=1S/C17H22F2N2O2/c1-20-10-12-3-2-8-21(11-12)17(23)7-6-16(22)13-4-5-14(18)15(19)9-13/h4-5,9,12,20H,2-3,6-8,10-11H2,1H3. The van der Waals surface area contributed by atoms with Crippen LogP contribution in [0.5, 0.6) is 0 Å². The second-order valence-corrected chi connectivity index (χ2v) is 5.96. The molecule has 0 bridgehead atoms. The first-order valence-corrected chi connectivity index (χ1v) is 7.92. The van der Waals surface area contributed by atoms with Gasteiger partial charge in [-0.2, -0.15) is 0 Å². The van der Waals surface area contributed by atoms with E-state index in [0.29, 0.717) is 12.5 Å². The molecule has 1 N–H and O–H groups in total. The molecule has 2 rings (SSSR count). The summed E-state index contributed by atoms with van der Waals surface area (Å²) in [5, 5.41) is 3.12. The Balaban J connectivity index is 1.85. The molecule has 0 aromatic heterocycles. The summed E-state index contributed by atoms with van der Waals surface area (Å²) in [6.07, 6.45) is 2.18. The molecule has 6 heteroatoms. The molecule has 4 nitrogen and oxygen atoms in total. The summed E-state index contributed by atoms with van der Waals surface area (Å²) >= 11 is 0. The van der Waals surface area contributed by atoms with Gasteiger partial charge in [0, 0.05) is 31.5 Å². The maximum atomic E-state index is 13.1. The Morgan fingerprint density at radius 3 is 2.74 bits per heavy atom. The number of carbonyl (C=O) groups excluding carboxylic acids is 2. The molecular formula is C17H22F2N2O2. The van der Waals surface area contributed by atoms with Gasteiger partial charge in [-0.15, -0.1) is 0 Å². The third kappa shape index (κ3) is 4.82. The van der Waals surface area contributed by atoms with E-state index in [0.717, 1.165) is 38.1 Å². The number of piperidine rings is 1. The van der Waals surface area contributed by atoms with Crippen LogP contribution in [0, 0.1) is 17.6 Å². The number of benzene rings is 1. The molecule has 1 amide bonds. The zero-order valence-electron chi connectivity index (χ0n) is 13.3. The van der Waals surface area contributed by atoms with Crippen LogP contribution < -0.4 is 5.32 Å². The number of nitrogens with zero attached hydrogens (tertiary/aromatic N) is 1. The second kappa shape index (κ2) is 8.15. The lowest BCUT2D eigenvalue weighted by Crippen LogP contribution is -2.42. The minimum Gasteiger partial charge on any atom is -0.342 e. The Bertz CT molecular complexity index is 576. The van der Waals surface area contributed by atoms with Crippen molar-refractivity contribution in [3.63, 3.8) is 0 Å². The normalized spacial score (nSPS) is 18.0. The number of hydrogen-bond donors (Lipinski definition) is 1. The molecule has 0 spiro atoms. The highest BCUT2D eigenvalue weighted by atomic mass is 19.2. The van der Waals surface area contributed by atoms with Crippen LogP contribution in [-0.4, -0.2) is 43.3 Å². The smallest absolute Gasteiger partial charge is 0.223 e. The lowest BCUT2D eigenvalue weighted by Gasteiger charge is -2.32. The van der Waals surface area contributed by atoms with Crippen LogP contribution in [-0.2, 0) is 4.79 Å². The number of likely N-dealkylation sites (tertiary alicyclic amines) is 1. The van der Waals surface area contributed by atoms with Crippen molar-refractivity contribution in [3.8, 4) is 0 Å². The average molecular weight is 324 g/mol. The molecule has 1 aliphatic heterocycles. The van der Waals surface area contributed by atoms with E-state index in [9.17, 15) is 18.4 Å². The molecule has 1 atom stereocenters. The van der Waals surface area contributed by atoms with Gasteiger partial charge in [-0.05, 0) is 50.6 Å². The zero-order valence-corrected chi connectivity index (χ0v) is 13.3. The summed E-state index contributed by atoms with van der Waals surface area (Å²) in [5.74, 6) is -1.99. The Morgan fingerprint density at radius 2 is 2.04 bits per heavy atom. The summed E-state index contributed by atoms with van der Waals surface area (Å²) < 4.78 is 26.0. The predicted octanol–water partition coefficient (Wildman–Crippen LogP) is 2.39. The van der Waals surface area contributed by atoms with Gasteiger partial charge in [0.05, 0.1) is 0 Å². The molecule has 126 valence electrons. The maximum Gasteiger partial charge on any atom is 0.223 e. The number of amides is 1. The molecule has 1 fully saturated rings. The molecule has 1 saturated heterocycles. The summed E-state index contributed by atoms with van der Waals surface area (Å²) in [4.78, 5) is 26.0. The third-order valence-electron chi connectivity index (χ3n) is 4.17. The van der Waals surface area contributed by atoms with Crippen molar-refractivity contribution in [2.24, 2.45) is 5.92 Å². The van der Waals surface area contributed by atoms with E-state index >= 15 is 0 Å². The molecule has 0 saturated carbocycles. The SMILES string of the molecule is CNCC1CCCN(C(=O)CCC(=O)c2ccc(F)c(F)c2)C1. The molecule has 1 heterocycles. The van der Waals surface area contributed by atoms with Crippen LogP contribution in [0.15, 0.2) is 18.2 Å². The number of rotatable bonds is 6. The van der Waals surface area contributed by atoms with E-state index in [1.165, 1.54) is 6.07 Å². The third-order valence-corrected chi connectivity index (χ3v) is 4.17. The fraction of sp³-hybridized carbons (Fsp3) is 0.529.